The molecule has 0 aliphatic carbocycles. The molecule has 2 nitrogen and oxygen atoms in total. The van der Waals surface area contributed by atoms with E-state index in [9.17, 15) is 0 Å². The fourth-order valence-electron chi connectivity index (χ4n) is 1.70. The van der Waals surface area contributed by atoms with Crippen molar-refractivity contribution in [3.63, 3.8) is 0 Å². The van der Waals surface area contributed by atoms with Crippen LogP contribution in [0.15, 0.2) is 0 Å². The van der Waals surface area contributed by atoms with Gasteiger partial charge in [0.15, 0.2) is 6.29 Å². The first kappa shape index (κ1) is 10.0. The molecule has 0 N–H and O–H groups in total. The van der Waals surface area contributed by atoms with E-state index in [1.807, 2.05) is 6.92 Å². The molecule has 2 heteroatoms. The molecule has 0 spiro atoms. The Balaban J connectivity index is 2.59. The van der Waals surface area contributed by atoms with Crippen LogP contribution in [0.2, 0.25) is 0 Å². The third kappa shape index (κ3) is 1.99. The van der Waals surface area contributed by atoms with Gasteiger partial charge in [0.05, 0.1) is 12.2 Å². The second kappa shape index (κ2) is 3.75. The Morgan fingerprint density at radius 3 is 1.42 bits per heavy atom. The molecule has 0 saturated carbocycles. The van der Waals surface area contributed by atoms with E-state index in [0.29, 0.717) is 11.8 Å². The molecule has 1 aliphatic heterocycles. The highest BCUT2D eigenvalue weighted by Gasteiger charge is 2.37. The lowest BCUT2D eigenvalue weighted by Crippen LogP contribution is -2.31. The van der Waals surface area contributed by atoms with Crippen LogP contribution in [0.4, 0.5) is 0 Å². The van der Waals surface area contributed by atoms with Crippen LogP contribution in [0, 0.1) is 11.8 Å². The van der Waals surface area contributed by atoms with Gasteiger partial charge in [-0.2, -0.15) is 0 Å². The fraction of sp³-hybridized carbons (Fsp3) is 1.00. The Morgan fingerprint density at radius 2 is 1.17 bits per heavy atom. The topological polar surface area (TPSA) is 18.5 Å². The zero-order chi connectivity index (χ0) is 9.30. The van der Waals surface area contributed by atoms with E-state index in [4.69, 9.17) is 9.47 Å². The van der Waals surface area contributed by atoms with Crippen molar-refractivity contribution in [2.75, 3.05) is 0 Å². The zero-order valence-electron chi connectivity index (χ0n) is 8.70. The SMILES string of the molecule is CC1O[C@H](C(C)C)[C@H](C(C)C)O1. The molecule has 0 aromatic heterocycles. The number of hydrogen-bond acceptors (Lipinski definition) is 2. The van der Waals surface area contributed by atoms with Gasteiger partial charge in [-0.25, -0.2) is 0 Å². The van der Waals surface area contributed by atoms with Gasteiger partial charge in [0.1, 0.15) is 0 Å². The Morgan fingerprint density at radius 1 is 0.833 bits per heavy atom. The molecular weight excluding hydrogens is 152 g/mol. The van der Waals surface area contributed by atoms with Crippen LogP contribution in [0.3, 0.4) is 0 Å². The lowest BCUT2D eigenvalue weighted by molar-refractivity contribution is -0.0589. The Labute approximate surface area is 75.2 Å². The van der Waals surface area contributed by atoms with Crippen molar-refractivity contribution < 1.29 is 9.47 Å². The highest BCUT2D eigenvalue weighted by atomic mass is 16.7. The Hall–Kier alpha value is -0.0800. The van der Waals surface area contributed by atoms with Gasteiger partial charge < -0.3 is 9.47 Å². The Bertz CT molecular complexity index is 127. The van der Waals surface area contributed by atoms with Crippen molar-refractivity contribution in [1.29, 1.82) is 0 Å². The maximum Gasteiger partial charge on any atom is 0.155 e. The Kier molecular flexibility index (Phi) is 3.13. The van der Waals surface area contributed by atoms with Crippen molar-refractivity contribution in [2.45, 2.75) is 53.1 Å². The molecule has 1 saturated heterocycles. The molecule has 3 atom stereocenters. The summed E-state index contributed by atoms with van der Waals surface area (Å²) in [4.78, 5) is 0. The van der Waals surface area contributed by atoms with E-state index < -0.39 is 0 Å². The smallest absolute Gasteiger partial charge is 0.155 e. The van der Waals surface area contributed by atoms with E-state index in [0.717, 1.165) is 0 Å². The second-order valence-corrected chi connectivity index (χ2v) is 4.26. The molecule has 0 aromatic rings. The first-order chi connectivity index (χ1) is 5.52. The summed E-state index contributed by atoms with van der Waals surface area (Å²) in [5.41, 5.74) is 0. The van der Waals surface area contributed by atoms with E-state index in [2.05, 4.69) is 27.7 Å². The first-order valence-corrected chi connectivity index (χ1v) is 4.83. The minimum atomic E-state index is -0.0233. The molecule has 0 bridgehead atoms. The average Bonchev–Trinajstić information content (AvgIpc) is 2.31. The van der Waals surface area contributed by atoms with Crippen molar-refractivity contribution in [3.8, 4) is 0 Å². The van der Waals surface area contributed by atoms with Crippen molar-refractivity contribution in [3.05, 3.63) is 0 Å². The zero-order valence-corrected chi connectivity index (χ0v) is 8.70. The minimum absolute atomic E-state index is 0.0233. The van der Waals surface area contributed by atoms with E-state index in [1.54, 1.807) is 0 Å². The molecule has 1 rings (SSSR count). The standard InChI is InChI=1S/C10H20O2/c1-6(2)9-10(7(3)4)12-8(5)11-9/h6-10H,1-5H3/t8?,9-,10+. The minimum Gasteiger partial charge on any atom is -0.347 e. The molecule has 0 aromatic carbocycles. The summed E-state index contributed by atoms with van der Waals surface area (Å²) in [6.45, 7) is 10.7. The van der Waals surface area contributed by atoms with Gasteiger partial charge >= 0.3 is 0 Å². The largest absolute Gasteiger partial charge is 0.347 e. The van der Waals surface area contributed by atoms with Crippen LogP contribution in [-0.4, -0.2) is 18.5 Å². The van der Waals surface area contributed by atoms with Gasteiger partial charge in [-0.3, -0.25) is 0 Å². The van der Waals surface area contributed by atoms with Gasteiger partial charge in [0, 0.05) is 0 Å². The van der Waals surface area contributed by atoms with Gasteiger partial charge in [-0.05, 0) is 18.8 Å². The predicted octanol–water partition coefficient (Wildman–Crippen LogP) is 2.43. The third-order valence-corrected chi connectivity index (χ3v) is 2.34. The monoisotopic (exact) mass is 172 g/mol. The summed E-state index contributed by atoms with van der Waals surface area (Å²) in [5.74, 6) is 1.09. The molecule has 1 heterocycles. The molecule has 12 heavy (non-hydrogen) atoms. The van der Waals surface area contributed by atoms with Gasteiger partial charge in [-0.15, -0.1) is 0 Å². The molecule has 72 valence electrons. The number of hydrogen-bond donors (Lipinski definition) is 0. The summed E-state index contributed by atoms with van der Waals surface area (Å²) in [5, 5.41) is 0. The van der Waals surface area contributed by atoms with Crippen LogP contribution < -0.4 is 0 Å². The van der Waals surface area contributed by atoms with Crippen molar-refractivity contribution in [2.24, 2.45) is 11.8 Å². The van der Waals surface area contributed by atoms with Gasteiger partial charge in [-0.1, -0.05) is 27.7 Å². The van der Waals surface area contributed by atoms with Gasteiger partial charge in [0.25, 0.3) is 0 Å². The van der Waals surface area contributed by atoms with Crippen molar-refractivity contribution in [1.82, 2.24) is 0 Å². The van der Waals surface area contributed by atoms with Crippen LogP contribution >= 0.6 is 0 Å². The number of rotatable bonds is 2. The molecule has 1 fully saturated rings. The highest BCUT2D eigenvalue weighted by Crippen LogP contribution is 2.29. The van der Waals surface area contributed by atoms with E-state index >= 15 is 0 Å². The average molecular weight is 172 g/mol. The maximum atomic E-state index is 5.67. The van der Waals surface area contributed by atoms with E-state index in [-0.39, 0.29) is 18.5 Å². The maximum absolute atomic E-state index is 5.67. The predicted molar refractivity (Wildman–Crippen MR) is 48.9 cm³/mol. The number of ether oxygens (including phenoxy) is 2. The fourth-order valence-corrected chi connectivity index (χ4v) is 1.70. The summed E-state index contributed by atoms with van der Waals surface area (Å²) in [6.07, 6.45) is 0.532. The van der Waals surface area contributed by atoms with Gasteiger partial charge in [0.2, 0.25) is 0 Å². The van der Waals surface area contributed by atoms with Crippen LogP contribution in [0.5, 0.6) is 0 Å². The summed E-state index contributed by atoms with van der Waals surface area (Å²) >= 11 is 0. The molecule has 1 aliphatic rings. The quantitative estimate of drug-likeness (QED) is 0.637. The molecular formula is C10H20O2. The normalized spacial score (nSPS) is 36.8. The molecule has 1 unspecified atom stereocenters. The first-order valence-electron chi connectivity index (χ1n) is 4.83. The lowest BCUT2D eigenvalue weighted by Gasteiger charge is -2.22. The summed E-state index contributed by atoms with van der Waals surface area (Å²) in [6, 6.07) is 0. The molecule has 0 amide bonds. The van der Waals surface area contributed by atoms with Crippen molar-refractivity contribution >= 4 is 0 Å². The van der Waals surface area contributed by atoms with E-state index in [1.165, 1.54) is 0 Å². The third-order valence-electron chi connectivity index (χ3n) is 2.34. The molecule has 0 radical (unpaired) electrons. The van der Waals surface area contributed by atoms with Crippen LogP contribution in [0.1, 0.15) is 34.6 Å². The lowest BCUT2D eigenvalue weighted by atomic mass is 9.94. The highest BCUT2D eigenvalue weighted by molar-refractivity contribution is 4.81. The summed E-state index contributed by atoms with van der Waals surface area (Å²) in [7, 11) is 0. The second-order valence-electron chi connectivity index (χ2n) is 4.26. The van der Waals surface area contributed by atoms with Crippen LogP contribution in [0.25, 0.3) is 0 Å². The van der Waals surface area contributed by atoms with Crippen LogP contribution in [-0.2, 0) is 9.47 Å². The summed E-state index contributed by atoms with van der Waals surface area (Å²) < 4.78 is 11.3.